The molecule has 2 aromatic carbocycles. The predicted octanol–water partition coefficient (Wildman–Crippen LogP) is -0.0714. The molecule has 0 saturated carbocycles. The molecule has 0 atom stereocenters. The molecule has 2 aromatic rings. The van der Waals surface area contributed by atoms with Gasteiger partial charge in [-0.05, 0) is 36.4 Å². The highest BCUT2D eigenvalue weighted by atomic mass is 35.7. The number of nitrogens with one attached hydrogen (secondary N) is 1. The standard InChI is InChI=1S/C7H12N2O8P2S.C6H4ClNO4S.CH7NO6P2.CH4/c8-5-1-3-6(4-2-5)20(16,17)9-7(18(10,11)12)19(13,14)15;7-13(11,12)6-3-1-5(2-4-6)8(9)10;2-1(9(3,4)5)10(6,7)8;/h1-4,7,9H,8H2,(H2,10,11,12)(H2,13,14,15);1-4H;1H,2H2,(H2,3,4,5)(H2,6,7,8);1H4. The molecule has 0 aliphatic carbocycles. The van der Waals surface area contributed by atoms with Crippen molar-refractivity contribution in [1.82, 2.24) is 4.72 Å². The Kier molecular flexibility index (Phi) is 16.4. The van der Waals surface area contributed by atoms with E-state index >= 15 is 0 Å². The highest BCUT2D eigenvalue weighted by Gasteiger charge is 2.46. The quantitative estimate of drug-likeness (QED) is 0.0522. The number of hydrogen-bond acceptors (Lipinski definition) is 12. The molecule has 13 N–H and O–H groups in total. The van der Waals surface area contributed by atoms with Gasteiger partial charge in [-0.2, -0.15) is 4.72 Å². The number of non-ortho nitro benzene ring substituents is 1. The first kappa shape index (κ1) is 44.5. The number of nitrogens with zero attached hydrogens (tertiary/aromatic N) is 1. The maximum absolute atomic E-state index is 11.8. The van der Waals surface area contributed by atoms with Crippen LogP contribution in [0.2, 0.25) is 0 Å². The Morgan fingerprint density at radius 3 is 1.32 bits per heavy atom. The van der Waals surface area contributed by atoms with E-state index in [1.165, 1.54) is 16.9 Å². The first-order valence-corrected chi connectivity index (χ1v) is 20.5. The lowest BCUT2D eigenvalue weighted by Crippen LogP contribution is -2.34. The van der Waals surface area contributed by atoms with Gasteiger partial charge in [-0.15, -0.1) is 0 Å². The number of nitrogens with two attached hydrogens (primary N) is 2. The summed E-state index contributed by atoms with van der Waals surface area (Å²) >= 11 is 0. The summed E-state index contributed by atoms with van der Waals surface area (Å²) in [6.45, 7) is 0. The molecule has 0 spiro atoms. The van der Waals surface area contributed by atoms with Crippen LogP contribution in [-0.2, 0) is 37.3 Å². The van der Waals surface area contributed by atoms with Crippen molar-refractivity contribution in [3.63, 3.8) is 0 Å². The third-order valence-electron chi connectivity index (χ3n) is 4.11. The lowest BCUT2D eigenvalue weighted by Gasteiger charge is -2.20. The average Bonchev–Trinajstić information content (AvgIpc) is 2.80. The Hall–Kier alpha value is -1.65. The van der Waals surface area contributed by atoms with Gasteiger partial charge in [0.2, 0.25) is 21.1 Å². The zero-order chi connectivity index (χ0) is 34.4. The van der Waals surface area contributed by atoms with Gasteiger partial charge >= 0.3 is 30.4 Å². The number of nitro benzene ring substituents is 1. The number of nitrogen functional groups attached to an aromatic ring is 1. The smallest absolute Gasteiger partial charge is 0.355 e. The van der Waals surface area contributed by atoms with Crippen molar-refractivity contribution in [2.75, 3.05) is 5.73 Å². The zero-order valence-electron chi connectivity index (χ0n) is 20.5. The minimum atomic E-state index is -5.40. The third-order valence-corrected chi connectivity index (χ3v) is 13.8. The van der Waals surface area contributed by atoms with E-state index in [4.69, 9.17) is 55.6 Å². The van der Waals surface area contributed by atoms with E-state index in [1.807, 2.05) is 0 Å². The van der Waals surface area contributed by atoms with Crippen molar-refractivity contribution in [2.24, 2.45) is 5.73 Å². The van der Waals surface area contributed by atoms with E-state index in [0.29, 0.717) is 0 Å². The molecule has 0 heterocycles. The van der Waals surface area contributed by atoms with Gasteiger partial charge in [-0.25, -0.2) is 16.8 Å². The third kappa shape index (κ3) is 15.6. The van der Waals surface area contributed by atoms with Crippen LogP contribution in [0, 0.1) is 10.1 Å². The maximum atomic E-state index is 11.8. The van der Waals surface area contributed by atoms with Gasteiger partial charge in [0, 0.05) is 28.5 Å². The van der Waals surface area contributed by atoms with Crippen LogP contribution < -0.4 is 16.2 Å². The number of hydrogen-bond donors (Lipinski definition) is 11. The van der Waals surface area contributed by atoms with Crippen molar-refractivity contribution in [3.05, 3.63) is 58.6 Å². The lowest BCUT2D eigenvalue weighted by atomic mass is 10.3. The van der Waals surface area contributed by atoms with Crippen LogP contribution in [0.1, 0.15) is 7.43 Å². The van der Waals surface area contributed by atoms with Gasteiger partial charge in [-0.3, -0.25) is 28.4 Å². The van der Waals surface area contributed by atoms with Crippen LogP contribution in [0.3, 0.4) is 0 Å². The van der Waals surface area contributed by atoms with E-state index in [1.54, 1.807) is 0 Å². The molecule has 0 bridgehead atoms. The summed E-state index contributed by atoms with van der Waals surface area (Å²) in [5, 5.41) is 10.2. The number of nitro groups is 1. The topological polar surface area (TPSA) is 406 Å². The van der Waals surface area contributed by atoms with Crippen molar-refractivity contribution in [3.8, 4) is 0 Å². The molecule has 2 rings (SSSR count). The van der Waals surface area contributed by atoms with Crippen LogP contribution >= 0.6 is 41.1 Å². The van der Waals surface area contributed by atoms with Crippen LogP contribution in [0.4, 0.5) is 11.4 Å². The van der Waals surface area contributed by atoms with E-state index in [-0.39, 0.29) is 23.7 Å². The predicted molar refractivity (Wildman–Crippen MR) is 154 cm³/mol. The minimum absolute atomic E-state index is 0. The van der Waals surface area contributed by atoms with Gasteiger partial charge in [0.05, 0.1) is 14.7 Å². The molecule has 0 fully saturated rings. The van der Waals surface area contributed by atoms with Gasteiger partial charge in [-0.1, -0.05) is 7.43 Å². The normalized spacial score (nSPS) is 12.7. The summed E-state index contributed by atoms with van der Waals surface area (Å²) in [7, 11) is -23.9. The molecule has 0 aromatic heterocycles. The van der Waals surface area contributed by atoms with E-state index in [2.05, 4.69) is 5.73 Å². The highest BCUT2D eigenvalue weighted by molar-refractivity contribution is 8.13. The van der Waals surface area contributed by atoms with Gasteiger partial charge in [0.1, 0.15) is 0 Å². The highest BCUT2D eigenvalue weighted by Crippen LogP contribution is 2.58. The molecular formula is C15H27ClN4O18P4S2. The Labute approximate surface area is 253 Å². The minimum Gasteiger partial charge on any atom is -0.399 e. The second-order valence-corrected chi connectivity index (χ2v) is 19.5. The summed E-state index contributed by atoms with van der Waals surface area (Å²) < 4.78 is 88.5. The van der Waals surface area contributed by atoms with Crippen LogP contribution in [0.5, 0.6) is 0 Å². The molecule has 0 amide bonds. The number of rotatable bonds is 9. The second-order valence-electron chi connectivity index (χ2n) is 7.52. The lowest BCUT2D eigenvalue weighted by molar-refractivity contribution is -0.384. The fourth-order valence-electron chi connectivity index (χ4n) is 2.11. The van der Waals surface area contributed by atoms with E-state index in [0.717, 1.165) is 36.4 Å². The molecular weight excluding hydrogens is 748 g/mol. The summed E-state index contributed by atoms with van der Waals surface area (Å²) in [5.74, 6) is 0. The Bertz CT molecular complexity index is 1640. The molecule has 0 aliphatic heterocycles. The number of halogens is 1. The van der Waals surface area contributed by atoms with Crippen LogP contribution in [-0.4, -0.2) is 72.0 Å². The first-order chi connectivity index (χ1) is 18.9. The SMILES string of the molecule is C.NC(P(=O)(O)O)P(=O)(O)O.Nc1ccc(S(=O)(=O)NC(P(=O)(O)O)P(=O)(O)O)cc1.O=[N+]([O-])c1ccc(S(=O)(=O)Cl)cc1. The van der Waals surface area contributed by atoms with Crippen molar-refractivity contribution in [2.45, 2.75) is 28.3 Å². The Morgan fingerprint density at radius 2 is 1.07 bits per heavy atom. The first-order valence-electron chi connectivity index (χ1n) is 9.94. The fourth-order valence-corrected chi connectivity index (χ4v) is 8.86. The van der Waals surface area contributed by atoms with Gasteiger partial charge in [0.15, 0.2) is 0 Å². The van der Waals surface area contributed by atoms with Crippen molar-refractivity contribution in [1.29, 1.82) is 0 Å². The Morgan fingerprint density at radius 1 is 0.727 bits per heavy atom. The zero-order valence-corrected chi connectivity index (χ0v) is 26.5. The van der Waals surface area contributed by atoms with E-state index in [9.17, 15) is 45.2 Å². The molecule has 29 heteroatoms. The van der Waals surface area contributed by atoms with Crippen LogP contribution in [0.15, 0.2) is 58.3 Å². The average molecular weight is 775 g/mol. The van der Waals surface area contributed by atoms with Crippen LogP contribution in [0.25, 0.3) is 0 Å². The van der Waals surface area contributed by atoms with Gasteiger partial charge in [0.25, 0.3) is 14.7 Å². The largest absolute Gasteiger partial charge is 0.399 e. The summed E-state index contributed by atoms with van der Waals surface area (Å²) in [6.07, 6.45) is 0. The Balaban J connectivity index is 0. The summed E-state index contributed by atoms with van der Waals surface area (Å²) in [5.41, 5.74) is 4.66. The van der Waals surface area contributed by atoms with E-state index < -0.39 is 70.3 Å². The summed E-state index contributed by atoms with van der Waals surface area (Å²) in [6, 6.07) is 8.78. The van der Waals surface area contributed by atoms with Crippen molar-refractivity contribution < 1.29 is 79.2 Å². The van der Waals surface area contributed by atoms with Gasteiger partial charge < -0.3 is 50.6 Å². The number of anilines is 1. The second kappa shape index (κ2) is 16.3. The number of benzene rings is 2. The number of sulfonamides is 1. The molecule has 254 valence electrons. The maximum Gasteiger partial charge on any atom is 0.355 e. The summed E-state index contributed by atoms with van der Waals surface area (Å²) in [4.78, 5) is 76.8. The monoisotopic (exact) mass is 774 g/mol. The molecule has 0 unspecified atom stereocenters. The fraction of sp³-hybridized carbons (Fsp3) is 0.200. The molecule has 22 nitrogen and oxygen atoms in total. The molecule has 0 aliphatic rings. The molecule has 0 radical (unpaired) electrons. The molecule has 0 saturated heterocycles. The molecule has 44 heavy (non-hydrogen) atoms. The van der Waals surface area contributed by atoms with Crippen molar-refractivity contribution >= 4 is 71.5 Å².